The van der Waals surface area contributed by atoms with E-state index in [-0.39, 0.29) is 21.7 Å². The number of rotatable bonds is 7. The van der Waals surface area contributed by atoms with Crippen LogP contribution in [-0.4, -0.2) is 35.5 Å². The number of benzene rings is 2. The number of ether oxygens (including phenoxy) is 1. The van der Waals surface area contributed by atoms with E-state index in [4.69, 9.17) is 16.3 Å². The molecular weight excluding hydrogens is 497 g/mol. The van der Waals surface area contributed by atoms with E-state index in [1.54, 1.807) is 41.5 Å². The Labute approximate surface area is 213 Å². The second-order valence-corrected chi connectivity index (χ2v) is 10.8. The Morgan fingerprint density at radius 1 is 0.944 bits per heavy atom. The van der Waals surface area contributed by atoms with Crippen LogP contribution in [0.5, 0.6) is 0 Å². The van der Waals surface area contributed by atoms with Crippen LogP contribution in [0.15, 0.2) is 30.3 Å². The normalized spacial score (nSPS) is 12.6. The molecule has 196 valence electrons. The number of ketones is 1. The molecule has 36 heavy (non-hydrogen) atoms. The summed E-state index contributed by atoms with van der Waals surface area (Å²) in [6, 6.07) is 5.30. The Morgan fingerprint density at radius 3 is 2.14 bits per heavy atom. The molecule has 0 aromatic heterocycles. The topological polar surface area (TPSA) is 84.5 Å². The summed E-state index contributed by atoms with van der Waals surface area (Å²) < 4.78 is 47.0. The molecule has 2 amide bonds. The minimum Gasteiger partial charge on any atom is -0.444 e. The van der Waals surface area contributed by atoms with E-state index in [1.807, 2.05) is 0 Å². The van der Waals surface area contributed by atoms with Gasteiger partial charge in [-0.15, -0.1) is 0 Å². The number of carbonyl (C=O) groups is 3. The fraction of sp³-hybridized carbons (Fsp3) is 0.423. The van der Waals surface area contributed by atoms with Gasteiger partial charge in [-0.25, -0.2) is 18.0 Å². The lowest BCUT2D eigenvalue weighted by Crippen LogP contribution is -2.41. The molecule has 0 aliphatic heterocycles. The van der Waals surface area contributed by atoms with Crippen molar-refractivity contribution in [2.24, 2.45) is 0 Å². The highest BCUT2D eigenvalue weighted by Crippen LogP contribution is 2.30. The first-order valence-corrected chi connectivity index (χ1v) is 11.6. The van der Waals surface area contributed by atoms with E-state index in [9.17, 15) is 27.6 Å². The Balaban J connectivity index is 2.51. The van der Waals surface area contributed by atoms with Gasteiger partial charge in [-0.2, -0.15) is 0 Å². The first-order valence-electron chi connectivity index (χ1n) is 11.2. The van der Waals surface area contributed by atoms with Gasteiger partial charge in [0, 0.05) is 28.1 Å². The number of amides is 2. The molecule has 6 nitrogen and oxygen atoms in total. The Bertz CT molecular complexity index is 1160. The van der Waals surface area contributed by atoms with Gasteiger partial charge in [0.15, 0.2) is 17.4 Å². The molecule has 0 aliphatic carbocycles. The first kappa shape index (κ1) is 29.2. The summed E-state index contributed by atoms with van der Waals surface area (Å²) in [5, 5.41) is 5.33. The Kier molecular flexibility index (Phi) is 9.18. The minimum atomic E-state index is -1.38. The molecule has 0 heterocycles. The molecule has 0 spiro atoms. The maximum atomic E-state index is 14.5. The lowest BCUT2D eigenvalue weighted by Gasteiger charge is -2.24. The van der Waals surface area contributed by atoms with Crippen LogP contribution >= 0.6 is 11.6 Å². The smallest absolute Gasteiger partial charge is 0.408 e. The average molecular weight is 527 g/mol. The molecule has 0 saturated carbocycles. The van der Waals surface area contributed by atoms with E-state index < -0.39 is 65.3 Å². The predicted octanol–water partition coefficient (Wildman–Crippen LogP) is 5.71. The number of Topliss-reactive ketones (excluding diaryl/α,β-unsaturated/α-hetero) is 1. The second-order valence-electron chi connectivity index (χ2n) is 10.4. The van der Waals surface area contributed by atoms with Crippen LogP contribution in [0.25, 0.3) is 0 Å². The van der Waals surface area contributed by atoms with E-state index >= 15 is 0 Å². The molecule has 2 N–H and O–H groups in total. The number of alkyl carbamates (subject to hydrolysis) is 1. The van der Waals surface area contributed by atoms with Gasteiger partial charge >= 0.3 is 6.09 Å². The molecule has 0 fully saturated rings. The molecular formula is C26H30ClF3N2O4. The van der Waals surface area contributed by atoms with Crippen molar-refractivity contribution in [3.63, 3.8) is 0 Å². The molecule has 0 saturated heterocycles. The molecule has 2 rings (SSSR count). The van der Waals surface area contributed by atoms with Gasteiger partial charge in [0.1, 0.15) is 11.4 Å². The van der Waals surface area contributed by atoms with Gasteiger partial charge in [-0.1, -0.05) is 11.6 Å². The van der Waals surface area contributed by atoms with Gasteiger partial charge < -0.3 is 15.4 Å². The highest BCUT2D eigenvalue weighted by molar-refractivity contribution is 6.30. The largest absolute Gasteiger partial charge is 0.444 e. The average Bonchev–Trinajstić information content (AvgIpc) is 2.71. The molecule has 2 aromatic rings. The predicted molar refractivity (Wildman–Crippen MR) is 131 cm³/mol. The van der Waals surface area contributed by atoms with Crippen LogP contribution in [0.2, 0.25) is 5.02 Å². The van der Waals surface area contributed by atoms with Crippen molar-refractivity contribution < 1.29 is 32.3 Å². The maximum Gasteiger partial charge on any atom is 0.408 e. The highest BCUT2D eigenvalue weighted by Gasteiger charge is 2.29. The summed E-state index contributed by atoms with van der Waals surface area (Å²) in [6.45, 7) is 9.72. The van der Waals surface area contributed by atoms with Crippen molar-refractivity contribution in [3.05, 3.63) is 69.5 Å². The zero-order chi connectivity index (χ0) is 27.4. The number of hydrogen-bond acceptors (Lipinski definition) is 4. The van der Waals surface area contributed by atoms with Crippen LogP contribution < -0.4 is 10.6 Å². The van der Waals surface area contributed by atoms with Crippen molar-refractivity contribution in [1.82, 2.24) is 10.6 Å². The summed E-state index contributed by atoms with van der Waals surface area (Å²) in [6.07, 6.45) is -1.28. The zero-order valence-electron chi connectivity index (χ0n) is 21.0. The van der Waals surface area contributed by atoms with E-state index in [0.29, 0.717) is 12.1 Å². The van der Waals surface area contributed by atoms with Crippen molar-refractivity contribution in [3.8, 4) is 0 Å². The molecule has 10 heteroatoms. The third-order valence-corrected chi connectivity index (χ3v) is 5.07. The van der Waals surface area contributed by atoms with Crippen molar-refractivity contribution in [1.29, 1.82) is 0 Å². The molecule has 0 bridgehead atoms. The summed E-state index contributed by atoms with van der Waals surface area (Å²) in [5.41, 5.74) is -1.48. The number of hydrogen-bond donors (Lipinski definition) is 2. The van der Waals surface area contributed by atoms with Gasteiger partial charge in [0.2, 0.25) is 0 Å². The van der Waals surface area contributed by atoms with E-state index in [2.05, 4.69) is 10.6 Å². The van der Waals surface area contributed by atoms with Crippen LogP contribution in [0, 0.1) is 17.5 Å². The van der Waals surface area contributed by atoms with Gasteiger partial charge in [0.05, 0.1) is 6.54 Å². The number of halogens is 4. The summed E-state index contributed by atoms with van der Waals surface area (Å²) in [4.78, 5) is 38.4. The van der Waals surface area contributed by atoms with Crippen LogP contribution in [0.1, 0.15) is 68.9 Å². The third-order valence-electron chi connectivity index (χ3n) is 4.83. The monoisotopic (exact) mass is 526 g/mol. The number of carbonyl (C=O) groups excluding carboxylic acids is 3. The summed E-state index contributed by atoms with van der Waals surface area (Å²) in [5.74, 6) is -6.11. The van der Waals surface area contributed by atoms with Crippen LogP contribution in [-0.2, 0) is 16.0 Å². The molecule has 0 aliphatic rings. The standard InChI is InChI=1S/C26H30ClF3N2O4/c1-25(2,3)32-23(34)16-8-7-15(27)11-17(16)18(9-14-10-20(29)21(30)12-19(14)28)22(33)13-31-24(35)36-26(4,5)6/h7-8,10-12,18H,9,13H2,1-6H3,(H,31,35)(H,32,34)/t18-/m1/s1. The molecule has 2 aromatic carbocycles. The highest BCUT2D eigenvalue weighted by atomic mass is 35.5. The zero-order valence-corrected chi connectivity index (χ0v) is 21.8. The second kappa shape index (κ2) is 11.3. The summed E-state index contributed by atoms with van der Waals surface area (Å²) in [7, 11) is 0. The van der Waals surface area contributed by atoms with Crippen LogP contribution in [0.4, 0.5) is 18.0 Å². The Morgan fingerprint density at radius 2 is 1.56 bits per heavy atom. The SMILES string of the molecule is CC(C)(C)NC(=O)c1ccc(Cl)cc1[C@@H](Cc1cc(F)c(F)cc1F)C(=O)CNC(=O)OC(C)(C)C. The van der Waals surface area contributed by atoms with Crippen molar-refractivity contribution >= 4 is 29.4 Å². The van der Waals surface area contributed by atoms with Gasteiger partial charge in [-0.3, -0.25) is 9.59 Å². The van der Waals surface area contributed by atoms with Crippen molar-refractivity contribution in [2.45, 2.75) is 65.0 Å². The van der Waals surface area contributed by atoms with Gasteiger partial charge in [-0.05, 0) is 83.4 Å². The Hall–Kier alpha value is -3.07. The maximum absolute atomic E-state index is 14.5. The molecule has 0 unspecified atom stereocenters. The number of nitrogens with one attached hydrogen (secondary N) is 2. The lowest BCUT2D eigenvalue weighted by atomic mass is 9.85. The van der Waals surface area contributed by atoms with Gasteiger partial charge in [0.25, 0.3) is 5.91 Å². The molecule has 0 radical (unpaired) electrons. The molecule has 1 atom stereocenters. The van der Waals surface area contributed by atoms with E-state index in [0.717, 1.165) is 0 Å². The lowest BCUT2D eigenvalue weighted by molar-refractivity contribution is -0.119. The quantitative estimate of drug-likeness (QED) is 0.453. The fourth-order valence-corrected chi connectivity index (χ4v) is 3.55. The van der Waals surface area contributed by atoms with E-state index in [1.165, 1.54) is 18.2 Å². The minimum absolute atomic E-state index is 0.0907. The first-order chi connectivity index (χ1) is 16.5. The fourth-order valence-electron chi connectivity index (χ4n) is 3.37. The van der Waals surface area contributed by atoms with Crippen molar-refractivity contribution in [2.75, 3.05) is 6.54 Å². The van der Waals surface area contributed by atoms with Crippen LogP contribution in [0.3, 0.4) is 0 Å². The summed E-state index contributed by atoms with van der Waals surface area (Å²) >= 11 is 6.17. The third kappa shape index (κ3) is 8.55.